The van der Waals surface area contributed by atoms with Crippen molar-refractivity contribution in [3.05, 3.63) is 29.8 Å². The molecule has 1 aromatic rings. The van der Waals surface area contributed by atoms with E-state index in [1.165, 1.54) is 0 Å². The topological polar surface area (TPSA) is 41.5 Å². The van der Waals surface area contributed by atoms with Crippen molar-refractivity contribution < 1.29 is 4.79 Å². The summed E-state index contributed by atoms with van der Waals surface area (Å²) in [6, 6.07) is 7.55. The van der Waals surface area contributed by atoms with Gasteiger partial charge in [0.05, 0.1) is 5.69 Å². The molecule has 3 nitrogen and oxygen atoms in total. The van der Waals surface area contributed by atoms with Crippen molar-refractivity contribution in [3.63, 3.8) is 0 Å². The van der Waals surface area contributed by atoms with Crippen LogP contribution in [0.15, 0.2) is 29.3 Å². The maximum absolute atomic E-state index is 11.5. The van der Waals surface area contributed by atoms with Crippen LogP contribution < -0.4 is 5.32 Å². The van der Waals surface area contributed by atoms with Gasteiger partial charge in [0.2, 0.25) is 0 Å². The lowest BCUT2D eigenvalue weighted by molar-refractivity contribution is -0.110. The average Bonchev–Trinajstić information content (AvgIpc) is 2.51. The summed E-state index contributed by atoms with van der Waals surface area (Å²) in [7, 11) is 0. The van der Waals surface area contributed by atoms with Gasteiger partial charge in [-0.3, -0.25) is 9.79 Å². The van der Waals surface area contributed by atoms with Gasteiger partial charge in [-0.05, 0) is 6.07 Å². The molecule has 1 amide bonds. The normalized spacial score (nSPS) is 16.9. The molecule has 72 valence electrons. The molecular formula is C10H10N2OS. The summed E-state index contributed by atoms with van der Waals surface area (Å²) in [4.78, 5) is 15.7. The van der Waals surface area contributed by atoms with Crippen LogP contribution in [0.1, 0.15) is 5.56 Å². The van der Waals surface area contributed by atoms with Gasteiger partial charge in [0.1, 0.15) is 5.71 Å². The van der Waals surface area contributed by atoms with Crippen LogP contribution in [-0.2, 0) is 4.79 Å². The molecule has 0 spiro atoms. The molecule has 0 bridgehead atoms. The van der Waals surface area contributed by atoms with Gasteiger partial charge < -0.3 is 5.32 Å². The minimum absolute atomic E-state index is 0.118. The van der Waals surface area contributed by atoms with Crippen LogP contribution in [0.4, 0.5) is 5.69 Å². The molecule has 1 aromatic carbocycles. The summed E-state index contributed by atoms with van der Waals surface area (Å²) >= 11 is 4.05. The Morgan fingerprint density at radius 2 is 2.14 bits per heavy atom. The third-order valence-electron chi connectivity index (χ3n) is 2.02. The Kier molecular flexibility index (Phi) is 2.54. The molecule has 14 heavy (non-hydrogen) atoms. The maximum atomic E-state index is 11.5. The Bertz CT molecular complexity index is 401. The molecule has 4 heteroatoms. The number of aliphatic imine (C=N–C) groups is 1. The quantitative estimate of drug-likeness (QED) is 0.705. The Balaban J connectivity index is 2.39. The van der Waals surface area contributed by atoms with Crippen LogP contribution in [0.25, 0.3) is 0 Å². The largest absolute Gasteiger partial charge is 0.320 e. The molecule has 1 aliphatic rings. The van der Waals surface area contributed by atoms with Crippen LogP contribution in [0.2, 0.25) is 0 Å². The van der Waals surface area contributed by atoms with Crippen LogP contribution in [0, 0.1) is 0 Å². The number of anilines is 1. The van der Waals surface area contributed by atoms with Gasteiger partial charge in [-0.25, -0.2) is 0 Å². The van der Waals surface area contributed by atoms with Gasteiger partial charge in [-0.1, -0.05) is 18.2 Å². The van der Waals surface area contributed by atoms with Crippen molar-refractivity contribution in [3.8, 4) is 0 Å². The van der Waals surface area contributed by atoms with E-state index in [9.17, 15) is 4.79 Å². The predicted molar refractivity (Wildman–Crippen MR) is 60.3 cm³/mol. The molecule has 0 saturated heterocycles. The fourth-order valence-corrected chi connectivity index (χ4v) is 1.52. The summed E-state index contributed by atoms with van der Waals surface area (Å²) < 4.78 is 0. The van der Waals surface area contributed by atoms with E-state index < -0.39 is 0 Å². The van der Waals surface area contributed by atoms with E-state index in [0.29, 0.717) is 18.0 Å². The fraction of sp³-hybridized carbons (Fsp3) is 0.200. The number of carbonyl (C=O) groups excluding carboxylic acids is 1. The minimum Gasteiger partial charge on any atom is -0.320 e. The van der Waals surface area contributed by atoms with E-state index in [1.54, 1.807) is 0 Å². The second kappa shape index (κ2) is 3.84. The zero-order valence-corrected chi connectivity index (χ0v) is 8.42. The molecule has 0 radical (unpaired) electrons. The Morgan fingerprint density at radius 1 is 1.36 bits per heavy atom. The number of carbonyl (C=O) groups is 1. The molecule has 0 atom stereocenters. The molecule has 0 aromatic heterocycles. The lowest BCUT2D eigenvalue weighted by Crippen LogP contribution is -2.14. The third-order valence-corrected chi connectivity index (χ3v) is 2.22. The fourth-order valence-electron chi connectivity index (χ4n) is 1.42. The van der Waals surface area contributed by atoms with E-state index >= 15 is 0 Å². The van der Waals surface area contributed by atoms with E-state index in [0.717, 1.165) is 11.3 Å². The van der Waals surface area contributed by atoms with Gasteiger partial charge in [0, 0.05) is 17.9 Å². The van der Waals surface area contributed by atoms with Gasteiger partial charge in [-0.2, -0.15) is 12.6 Å². The lowest BCUT2D eigenvalue weighted by Gasteiger charge is -1.95. The highest BCUT2D eigenvalue weighted by molar-refractivity contribution is 7.80. The van der Waals surface area contributed by atoms with Crippen molar-refractivity contribution in [2.24, 2.45) is 4.99 Å². The van der Waals surface area contributed by atoms with Gasteiger partial charge in [0.25, 0.3) is 5.91 Å². The monoisotopic (exact) mass is 206 g/mol. The van der Waals surface area contributed by atoms with Crippen LogP contribution in [0.5, 0.6) is 0 Å². The zero-order valence-electron chi connectivity index (χ0n) is 7.53. The van der Waals surface area contributed by atoms with E-state index in [-0.39, 0.29) is 5.91 Å². The standard InChI is InChI=1S/C10H10N2OS/c13-10-9(11-5-6-14)7-3-1-2-4-8(7)12-10/h1-4,14H,5-6H2,(H,11,12,13). The van der Waals surface area contributed by atoms with Crippen molar-refractivity contribution in [1.82, 2.24) is 0 Å². The summed E-state index contributed by atoms with van der Waals surface area (Å²) in [5.41, 5.74) is 2.25. The minimum atomic E-state index is -0.118. The van der Waals surface area contributed by atoms with Gasteiger partial charge in [-0.15, -0.1) is 0 Å². The van der Waals surface area contributed by atoms with Gasteiger partial charge >= 0.3 is 0 Å². The maximum Gasteiger partial charge on any atom is 0.274 e. The first-order valence-electron chi connectivity index (χ1n) is 4.39. The van der Waals surface area contributed by atoms with E-state index in [4.69, 9.17) is 0 Å². The number of thiol groups is 1. The highest BCUT2D eigenvalue weighted by Crippen LogP contribution is 2.22. The van der Waals surface area contributed by atoms with Crippen LogP contribution in [-0.4, -0.2) is 23.9 Å². The number of nitrogens with zero attached hydrogens (tertiary/aromatic N) is 1. The molecule has 1 heterocycles. The first-order chi connectivity index (χ1) is 6.83. The lowest BCUT2D eigenvalue weighted by atomic mass is 10.1. The van der Waals surface area contributed by atoms with E-state index in [1.807, 2.05) is 24.3 Å². The van der Waals surface area contributed by atoms with Crippen molar-refractivity contribution in [2.45, 2.75) is 0 Å². The second-order valence-electron chi connectivity index (χ2n) is 2.95. The smallest absolute Gasteiger partial charge is 0.274 e. The SMILES string of the molecule is O=C1Nc2ccccc2C1=NCCS. The number of hydrogen-bond donors (Lipinski definition) is 2. The molecule has 1 aliphatic heterocycles. The highest BCUT2D eigenvalue weighted by Gasteiger charge is 2.24. The number of nitrogens with one attached hydrogen (secondary N) is 1. The molecule has 0 aliphatic carbocycles. The van der Waals surface area contributed by atoms with Crippen molar-refractivity contribution in [2.75, 3.05) is 17.6 Å². The van der Waals surface area contributed by atoms with Crippen LogP contribution in [0.3, 0.4) is 0 Å². The zero-order chi connectivity index (χ0) is 9.97. The number of amides is 1. The molecule has 2 rings (SSSR count). The summed E-state index contributed by atoms with van der Waals surface area (Å²) in [6.07, 6.45) is 0. The average molecular weight is 206 g/mol. The van der Waals surface area contributed by atoms with Gasteiger partial charge in [0.15, 0.2) is 0 Å². The Labute approximate surface area is 87.6 Å². The second-order valence-corrected chi connectivity index (χ2v) is 3.40. The molecule has 0 unspecified atom stereocenters. The van der Waals surface area contributed by atoms with E-state index in [2.05, 4.69) is 22.9 Å². The first-order valence-corrected chi connectivity index (χ1v) is 5.02. The van der Waals surface area contributed by atoms with Crippen molar-refractivity contribution >= 4 is 29.9 Å². The molecular weight excluding hydrogens is 196 g/mol. The third kappa shape index (κ3) is 1.53. The first kappa shape index (κ1) is 9.27. The number of para-hydroxylation sites is 1. The molecule has 0 fully saturated rings. The summed E-state index contributed by atoms with van der Waals surface area (Å²) in [5, 5.41) is 2.76. The Morgan fingerprint density at radius 3 is 2.93 bits per heavy atom. The number of hydrogen-bond acceptors (Lipinski definition) is 3. The van der Waals surface area contributed by atoms with Crippen molar-refractivity contribution in [1.29, 1.82) is 0 Å². The Hall–Kier alpha value is -1.29. The molecule has 0 saturated carbocycles. The number of rotatable bonds is 2. The summed E-state index contributed by atoms with van der Waals surface area (Å²) in [6.45, 7) is 0.570. The predicted octanol–water partition coefficient (Wildman–Crippen LogP) is 1.36. The summed E-state index contributed by atoms with van der Waals surface area (Å²) in [5.74, 6) is 0.534. The highest BCUT2D eigenvalue weighted by atomic mass is 32.1. The number of benzene rings is 1. The van der Waals surface area contributed by atoms with Crippen LogP contribution >= 0.6 is 12.6 Å². The number of fused-ring (bicyclic) bond motifs is 1. The molecule has 1 N–H and O–H groups in total.